The molecule has 24 heavy (non-hydrogen) atoms. The molecule has 6 nitrogen and oxygen atoms in total. The first-order valence-corrected chi connectivity index (χ1v) is 8.26. The second kappa shape index (κ2) is 6.95. The van der Waals surface area contributed by atoms with Gasteiger partial charge in [0, 0.05) is 23.6 Å². The molecule has 1 aliphatic heterocycles. The van der Waals surface area contributed by atoms with Crippen molar-refractivity contribution in [1.82, 2.24) is 15.8 Å². The van der Waals surface area contributed by atoms with Crippen molar-refractivity contribution < 1.29 is 14.1 Å². The van der Waals surface area contributed by atoms with Crippen LogP contribution >= 0.6 is 0 Å². The van der Waals surface area contributed by atoms with Gasteiger partial charge in [0.25, 0.3) is 0 Å². The van der Waals surface area contributed by atoms with E-state index in [-0.39, 0.29) is 18.0 Å². The van der Waals surface area contributed by atoms with Crippen molar-refractivity contribution in [3.63, 3.8) is 0 Å². The SMILES string of the molecule is CC(C)c1cc(CNC(=O)N[C@@H](C)[C@@H]2COc3ccccc32)on1. The predicted octanol–water partition coefficient (Wildman–Crippen LogP) is 3.16. The van der Waals surface area contributed by atoms with Crippen molar-refractivity contribution in [2.24, 2.45) is 0 Å². The van der Waals surface area contributed by atoms with E-state index in [1.54, 1.807) is 0 Å². The Hall–Kier alpha value is -2.50. The third-order valence-electron chi connectivity index (χ3n) is 4.29. The summed E-state index contributed by atoms with van der Waals surface area (Å²) in [6.07, 6.45) is 0. The lowest BCUT2D eigenvalue weighted by atomic mass is 9.94. The standard InChI is InChI=1S/C18H23N3O3/c1-11(2)16-8-13(24-21-16)9-19-18(22)20-12(3)15-10-23-17-7-5-4-6-14(15)17/h4-8,11-12,15H,9-10H2,1-3H3,(H2,19,20,22)/t12-,15-/m0/s1. The third-order valence-corrected chi connectivity index (χ3v) is 4.29. The third kappa shape index (κ3) is 3.53. The Kier molecular flexibility index (Phi) is 4.74. The van der Waals surface area contributed by atoms with Crippen molar-refractivity contribution in [3.8, 4) is 5.75 Å². The first-order valence-electron chi connectivity index (χ1n) is 8.26. The largest absolute Gasteiger partial charge is 0.493 e. The molecule has 128 valence electrons. The van der Waals surface area contributed by atoms with Crippen LogP contribution in [0.1, 0.15) is 49.6 Å². The molecule has 2 aromatic rings. The van der Waals surface area contributed by atoms with Gasteiger partial charge in [-0.25, -0.2) is 4.79 Å². The van der Waals surface area contributed by atoms with Crippen LogP contribution in [0, 0.1) is 0 Å². The molecule has 0 bridgehead atoms. The number of hydrogen-bond acceptors (Lipinski definition) is 4. The second-order valence-corrected chi connectivity index (χ2v) is 6.44. The van der Waals surface area contributed by atoms with Gasteiger partial charge in [0.2, 0.25) is 0 Å². The van der Waals surface area contributed by atoms with Crippen LogP contribution in [0.3, 0.4) is 0 Å². The fraction of sp³-hybridized carbons (Fsp3) is 0.444. The molecule has 1 aromatic carbocycles. The zero-order chi connectivity index (χ0) is 17.1. The normalized spacial score (nSPS) is 17.2. The van der Waals surface area contributed by atoms with Gasteiger partial charge in [-0.05, 0) is 18.9 Å². The van der Waals surface area contributed by atoms with E-state index in [0.29, 0.717) is 24.8 Å². The molecule has 6 heteroatoms. The number of nitrogens with one attached hydrogen (secondary N) is 2. The van der Waals surface area contributed by atoms with Crippen molar-refractivity contribution in [1.29, 1.82) is 0 Å². The average molecular weight is 329 g/mol. The van der Waals surface area contributed by atoms with Gasteiger partial charge in [0.1, 0.15) is 5.75 Å². The summed E-state index contributed by atoms with van der Waals surface area (Å²) in [4.78, 5) is 12.1. The molecule has 0 unspecified atom stereocenters. The monoisotopic (exact) mass is 329 g/mol. The Balaban J connectivity index is 1.51. The van der Waals surface area contributed by atoms with Crippen LogP contribution in [0.4, 0.5) is 4.79 Å². The number of amides is 2. The minimum absolute atomic E-state index is 0.0328. The molecule has 1 aromatic heterocycles. The molecule has 0 spiro atoms. The summed E-state index contributed by atoms with van der Waals surface area (Å²) in [5.74, 6) is 2.01. The van der Waals surface area contributed by atoms with Crippen molar-refractivity contribution in [3.05, 3.63) is 47.3 Å². The van der Waals surface area contributed by atoms with E-state index in [1.807, 2.05) is 51.1 Å². The number of benzene rings is 1. The molecular weight excluding hydrogens is 306 g/mol. The maximum absolute atomic E-state index is 12.1. The fourth-order valence-electron chi connectivity index (χ4n) is 2.81. The summed E-state index contributed by atoms with van der Waals surface area (Å²) in [5, 5.41) is 9.75. The number of nitrogens with zero attached hydrogens (tertiary/aromatic N) is 1. The van der Waals surface area contributed by atoms with Crippen LogP contribution in [0.25, 0.3) is 0 Å². The van der Waals surface area contributed by atoms with Gasteiger partial charge < -0.3 is 19.9 Å². The smallest absolute Gasteiger partial charge is 0.315 e. The minimum atomic E-state index is -0.227. The summed E-state index contributed by atoms with van der Waals surface area (Å²) < 4.78 is 10.9. The Bertz CT molecular complexity index is 711. The Morgan fingerprint density at radius 2 is 2.12 bits per heavy atom. The highest BCUT2D eigenvalue weighted by atomic mass is 16.5. The van der Waals surface area contributed by atoms with Gasteiger partial charge in [0.05, 0.1) is 18.8 Å². The van der Waals surface area contributed by atoms with E-state index in [4.69, 9.17) is 9.26 Å². The highest BCUT2D eigenvalue weighted by molar-refractivity contribution is 5.74. The van der Waals surface area contributed by atoms with Crippen LogP contribution in [0.5, 0.6) is 5.75 Å². The van der Waals surface area contributed by atoms with Crippen LogP contribution in [-0.4, -0.2) is 23.8 Å². The summed E-state index contributed by atoms with van der Waals surface area (Å²) >= 11 is 0. The van der Waals surface area contributed by atoms with Gasteiger partial charge in [0.15, 0.2) is 5.76 Å². The summed E-state index contributed by atoms with van der Waals surface area (Å²) in [7, 11) is 0. The number of hydrogen-bond donors (Lipinski definition) is 2. The fourth-order valence-corrected chi connectivity index (χ4v) is 2.81. The highest BCUT2D eigenvalue weighted by Gasteiger charge is 2.29. The molecule has 0 aliphatic carbocycles. The molecule has 2 heterocycles. The molecule has 1 aliphatic rings. The van der Waals surface area contributed by atoms with E-state index >= 15 is 0 Å². The zero-order valence-corrected chi connectivity index (χ0v) is 14.2. The Morgan fingerprint density at radius 1 is 1.33 bits per heavy atom. The van der Waals surface area contributed by atoms with Crippen molar-refractivity contribution in [2.75, 3.05) is 6.61 Å². The van der Waals surface area contributed by atoms with Crippen LogP contribution < -0.4 is 15.4 Å². The molecule has 3 rings (SSSR count). The van der Waals surface area contributed by atoms with Crippen LogP contribution in [0.2, 0.25) is 0 Å². The Morgan fingerprint density at radius 3 is 2.88 bits per heavy atom. The lowest BCUT2D eigenvalue weighted by Gasteiger charge is -2.20. The molecule has 0 radical (unpaired) electrons. The van der Waals surface area contributed by atoms with E-state index in [9.17, 15) is 4.79 Å². The lowest BCUT2D eigenvalue weighted by Crippen LogP contribution is -2.43. The average Bonchev–Trinajstić information content (AvgIpc) is 3.20. The second-order valence-electron chi connectivity index (χ2n) is 6.44. The summed E-state index contributed by atoms with van der Waals surface area (Å²) in [6.45, 7) is 6.98. The maximum Gasteiger partial charge on any atom is 0.315 e. The van der Waals surface area contributed by atoms with Crippen molar-refractivity contribution in [2.45, 2.75) is 45.2 Å². The van der Waals surface area contributed by atoms with Crippen molar-refractivity contribution >= 4 is 6.03 Å². The molecule has 0 fully saturated rings. The number of para-hydroxylation sites is 1. The zero-order valence-electron chi connectivity index (χ0n) is 14.2. The molecule has 0 saturated carbocycles. The van der Waals surface area contributed by atoms with E-state index in [0.717, 1.165) is 17.0 Å². The quantitative estimate of drug-likeness (QED) is 0.883. The van der Waals surface area contributed by atoms with Crippen LogP contribution in [-0.2, 0) is 6.54 Å². The number of ether oxygens (including phenoxy) is 1. The summed E-state index contributed by atoms with van der Waals surface area (Å²) in [6, 6.07) is 9.56. The number of carbonyl (C=O) groups is 1. The number of urea groups is 1. The minimum Gasteiger partial charge on any atom is -0.493 e. The van der Waals surface area contributed by atoms with Gasteiger partial charge in [-0.3, -0.25) is 0 Å². The van der Waals surface area contributed by atoms with E-state index in [1.165, 1.54) is 0 Å². The summed E-state index contributed by atoms with van der Waals surface area (Å²) in [5.41, 5.74) is 2.03. The molecule has 2 amide bonds. The predicted molar refractivity (Wildman–Crippen MR) is 90.1 cm³/mol. The maximum atomic E-state index is 12.1. The van der Waals surface area contributed by atoms with Crippen LogP contribution in [0.15, 0.2) is 34.9 Å². The van der Waals surface area contributed by atoms with E-state index in [2.05, 4.69) is 15.8 Å². The van der Waals surface area contributed by atoms with Gasteiger partial charge >= 0.3 is 6.03 Å². The number of rotatable bonds is 5. The molecule has 2 atom stereocenters. The molecule has 2 N–H and O–H groups in total. The first kappa shape index (κ1) is 16.4. The first-order chi connectivity index (χ1) is 11.5. The molecule has 0 saturated heterocycles. The van der Waals surface area contributed by atoms with Gasteiger partial charge in [-0.15, -0.1) is 0 Å². The van der Waals surface area contributed by atoms with E-state index < -0.39 is 0 Å². The molecular formula is C18H23N3O3. The number of aromatic nitrogens is 1. The highest BCUT2D eigenvalue weighted by Crippen LogP contribution is 2.35. The van der Waals surface area contributed by atoms with Gasteiger partial charge in [-0.1, -0.05) is 37.2 Å². The topological polar surface area (TPSA) is 76.4 Å². The number of fused-ring (bicyclic) bond motifs is 1. The lowest BCUT2D eigenvalue weighted by molar-refractivity contribution is 0.231. The Labute approximate surface area is 141 Å². The number of carbonyl (C=O) groups excluding carboxylic acids is 1. The van der Waals surface area contributed by atoms with Gasteiger partial charge in [-0.2, -0.15) is 0 Å².